The van der Waals surface area contributed by atoms with Gasteiger partial charge >= 0.3 is 0 Å². The monoisotopic (exact) mass is 190 g/mol. The third-order valence-corrected chi connectivity index (χ3v) is 1.96. The molecule has 4 heteroatoms. The Morgan fingerprint density at radius 1 is 1.27 bits per heavy atom. The van der Waals surface area contributed by atoms with Crippen molar-refractivity contribution in [3.8, 4) is 0 Å². The summed E-state index contributed by atoms with van der Waals surface area (Å²) >= 11 is 11.5. The lowest BCUT2D eigenvalue weighted by Gasteiger charge is -2.04. The first-order chi connectivity index (χ1) is 5.15. The van der Waals surface area contributed by atoms with Gasteiger partial charge in [0, 0.05) is 12.1 Å². The second-order valence-corrected chi connectivity index (χ2v) is 2.92. The first kappa shape index (κ1) is 8.65. The highest BCUT2D eigenvalue weighted by atomic mass is 35.5. The number of quaternary nitrogens is 1. The minimum Gasteiger partial charge on any atom is -0.446 e. The van der Waals surface area contributed by atoms with Gasteiger partial charge in [0.25, 0.3) is 0 Å². The molecule has 0 unspecified atom stereocenters. The molecule has 0 bridgehead atoms. The van der Waals surface area contributed by atoms with Gasteiger partial charge in [-0.3, -0.25) is 0 Å². The molecular formula is C7H8Cl2N2. The molecule has 0 aliphatic carbocycles. The first-order valence-corrected chi connectivity index (χ1v) is 3.77. The molecule has 0 radical (unpaired) electrons. The number of halogens is 2. The topological polar surface area (TPSA) is 42.6 Å². The molecular weight excluding hydrogens is 183 g/mol. The smallest absolute Gasteiger partial charge is 0.106 e. The molecule has 0 amide bonds. The molecule has 0 heterocycles. The van der Waals surface area contributed by atoms with E-state index < -0.39 is 0 Å². The Labute approximate surface area is 75.3 Å². The van der Waals surface area contributed by atoms with Crippen LogP contribution in [0, 0.1) is 7.05 Å². The lowest BCUT2D eigenvalue weighted by atomic mass is 10.3. The molecule has 0 aliphatic heterocycles. The van der Waals surface area contributed by atoms with Gasteiger partial charge in [0.15, 0.2) is 0 Å². The summed E-state index contributed by atoms with van der Waals surface area (Å²) in [6.07, 6.45) is 0. The number of nitrogen functional groups attached to an aromatic ring is 1. The van der Waals surface area contributed by atoms with Crippen molar-refractivity contribution in [1.29, 1.82) is 0 Å². The number of anilines is 1. The normalized spacial score (nSPS) is 10.1. The van der Waals surface area contributed by atoms with Crippen molar-refractivity contribution < 1.29 is 5.32 Å². The van der Waals surface area contributed by atoms with Crippen LogP contribution in [0.3, 0.4) is 0 Å². The molecule has 0 aromatic heterocycles. The van der Waals surface area contributed by atoms with Crippen molar-refractivity contribution >= 4 is 34.6 Å². The summed E-state index contributed by atoms with van der Waals surface area (Å²) in [6.45, 7) is 0. The fourth-order valence-electron chi connectivity index (χ4n) is 0.722. The summed E-state index contributed by atoms with van der Waals surface area (Å²) in [6, 6.07) is 3.44. The van der Waals surface area contributed by atoms with Crippen molar-refractivity contribution in [3.05, 3.63) is 29.2 Å². The third kappa shape index (κ3) is 1.77. The summed E-state index contributed by atoms with van der Waals surface area (Å²) in [4.78, 5) is 0. The van der Waals surface area contributed by atoms with Gasteiger partial charge in [0.05, 0.1) is 15.7 Å². The summed E-state index contributed by atoms with van der Waals surface area (Å²) in [5.41, 5.74) is 6.79. The van der Waals surface area contributed by atoms with Crippen molar-refractivity contribution in [2.75, 3.05) is 5.73 Å². The van der Waals surface area contributed by atoms with E-state index in [-0.39, 0.29) is 0 Å². The van der Waals surface area contributed by atoms with Crippen molar-refractivity contribution in [1.82, 2.24) is 0 Å². The van der Waals surface area contributed by atoms with E-state index in [1.165, 1.54) is 0 Å². The van der Waals surface area contributed by atoms with E-state index in [2.05, 4.69) is 7.05 Å². The van der Waals surface area contributed by atoms with Gasteiger partial charge in [0.1, 0.15) is 5.69 Å². The Bertz CT molecular complexity index is 250. The highest BCUT2D eigenvalue weighted by molar-refractivity contribution is 6.39. The SMILES string of the molecule is [CH2-][NH2+]c1cc(Cl)c(N)c(Cl)c1. The first-order valence-electron chi connectivity index (χ1n) is 3.02. The van der Waals surface area contributed by atoms with Crippen LogP contribution in [0.5, 0.6) is 0 Å². The quantitative estimate of drug-likeness (QED) is 0.513. The van der Waals surface area contributed by atoms with Crippen LogP contribution in [-0.2, 0) is 0 Å². The molecule has 0 saturated carbocycles. The molecule has 60 valence electrons. The Kier molecular flexibility index (Phi) is 2.60. The van der Waals surface area contributed by atoms with Gasteiger partial charge in [-0.2, -0.15) is 0 Å². The minimum absolute atomic E-state index is 0.416. The van der Waals surface area contributed by atoms with Crippen LogP contribution in [0.15, 0.2) is 12.1 Å². The average Bonchev–Trinajstić information content (AvgIpc) is 1.99. The maximum Gasteiger partial charge on any atom is 0.106 e. The molecule has 0 atom stereocenters. The zero-order valence-corrected chi connectivity index (χ0v) is 7.28. The number of rotatable bonds is 1. The van der Waals surface area contributed by atoms with Crippen molar-refractivity contribution in [2.45, 2.75) is 0 Å². The molecule has 11 heavy (non-hydrogen) atoms. The van der Waals surface area contributed by atoms with Gasteiger partial charge in [-0.25, -0.2) is 0 Å². The van der Waals surface area contributed by atoms with Gasteiger partial charge in [-0.15, -0.1) is 7.05 Å². The molecule has 0 spiro atoms. The highest BCUT2D eigenvalue weighted by Gasteiger charge is 2.03. The Morgan fingerprint density at radius 2 is 1.73 bits per heavy atom. The Hall–Kier alpha value is -0.440. The van der Waals surface area contributed by atoms with Crippen molar-refractivity contribution in [3.63, 3.8) is 0 Å². The van der Waals surface area contributed by atoms with Gasteiger partial charge in [0.2, 0.25) is 0 Å². The second-order valence-electron chi connectivity index (χ2n) is 2.10. The predicted molar refractivity (Wildman–Crippen MR) is 47.8 cm³/mol. The molecule has 1 rings (SSSR count). The van der Waals surface area contributed by atoms with Crippen LogP contribution in [0.2, 0.25) is 10.0 Å². The molecule has 1 aromatic rings. The number of nitrogens with two attached hydrogens (primary N) is 2. The Balaban J connectivity index is 3.21. The molecule has 2 nitrogen and oxygen atoms in total. The summed E-state index contributed by atoms with van der Waals surface area (Å²) in [7, 11) is 3.58. The number of benzene rings is 1. The van der Waals surface area contributed by atoms with E-state index in [0.717, 1.165) is 5.69 Å². The average molecular weight is 191 g/mol. The van der Waals surface area contributed by atoms with E-state index in [4.69, 9.17) is 28.9 Å². The van der Waals surface area contributed by atoms with Crippen LogP contribution in [-0.4, -0.2) is 0 Å². The van der Waals surface area contributed by atoms with Crippen LogP contribution >= 0.6 is 23.2 Å². The third-order valence-electron chi connectivity index (χ3n) is 1.34. The van der Waals surface area contributed by atoms with E-state index in [9.17, 15) is 0 Å². The van der Waals surface area contributed by atoms with Gasteiger partial charge in [-0.1, -0.05) is 23.2 Å². The Morgan fingerprint density at radius 3 is 2.09 bits per heavy atom. The summed E-state index contributed by atoms with van der Waals surface area (Å²) in [5, 5.41) is 2.59. The molecule has 1 aromatic carbocycles. The van der Waals surface area contributed by atoms with Gasteiger partial charge < -0.3 is 11.1 Å². The minimum atomic E-state index is 0.416. The maximum absolute atomic E-state index is 5.74. The van der Waals surface area contributed by atoms with E-state index in [0.29, 0.717) is 15.7 Å². The number of hydrogen-bond acceptors (Lipinski definition) is 1. The summed E-state index contributed by atoms with van der Waals surface area (Å²) in [5.74, 6) is 0. The predicted octanol–water partition coefficient (Wildman–Crippen LogP) is 1.56. The largest absolute Gasteiger partial charge is 0.446 e. The second kappa shape index (κ2) is 3.30. The molecule has 0 fully saturated rings. The van der Waals surface area contributed by atoms with Gasteiger partial charge in [-0.05, 0) is 0 Å². The van der Waals surface area contributed by atoms with Crippen LogP contribution in [0.1, 0.15) is 0 Å². The lowest BCUT2D eigenvalue weighted by molar-refractivity contribution is -0.504. The fourth-order valence-corrected chi connectivity index (χ4v) is 1.23. The van der Waals surface area contributed by atoms with Crippen molar-refractivity contribution in [2.24, 2.45) is 0 Å². The van der Waals surface area contributed by atoms with E-state index >= 15 is 0 Å². The maximum atomic E-state index is 5.74. The van der Waals surface area contributed by atoms with Crippen LogP contribution in [0.4, 0.5) is 11.4 Å². The molecule has 0 aliphatic rings. The number of hydrogen-bond donors (Lipinski definition) is 2. The fraction of sp³-hybridized carbons (Fsp3) is 0. The standard InChI is InChI=1S/C7H8Cl2N2/c1-11-4-2-5(8)7(10)6(9)3-4/h2-3H,1,10-11H2. The zero-order chi connectivity index (χ0) is 8.43. The van der Waals surface area contributed by atoms with E-state index in [1.807, 2.05) is 0 Å². The van der Waals surface area contributed by atoms with Crippen LogP contribution < -0.4 is 11.1 Å². The highest BCUT2D eigenvalue weighted by Crippen LogP contribution is 2.29. The molecule has 0 saturated heterocycles. The lowest BCUT2D eigenvalue weighted by Crippen LogP contribution is -2.69. The van der Waals surface area contributed by atoms with E-state index in [1.54, 1.807) is 17.4 Å². The zero-order valence-electron chi connectivity index (χ0n) is 5.77. The summed E-state index contributed by atoms with van der Waals surface area (Å²) < 4.78 is 0. The molecule has 4 N–H and O–H groups in total. The van der Waals surface area contributed by atoms with Crippen LogP contribution in [0.25, 0.3) is 0 Å².